The second-order valence-corrected chi connectivity index (χ2v) is 2.81. The number of halogens is 1. The first-order chi connectivity index (χ1) is 5.74. The Kier molecular flexibility index (Phi) is 3.17. The maximum Gasteiger partial charge on any atom is 0.123 e. The largest absolute Gasteiger partial charge is 0.378 e. The summed E-state index contributed by atoms with van der Waals surface area (Å²) in [7, 11) is 0. The van der Waals surface area contributed by atoms with E-state index in [1.165, 1.54) is 17.6 Å². The predicted octanol–water partition coefficient (Wildman–Crippen LogP) is 2.18. The Balaban J connectivity index is 2.82. The van der Waals surface area contributed by atoms with E-state index in [-0.39, 0.29) is 5.82 Å². The predicted molar refractivity (Wildman–Crippen MR) is 51.6 cm³/mol. The van der Waals surface area contributed by atoms with Crippen LogP contribution in [0.5, 0.6) is 0 Å². The third kappa shape index (κ3) is 2.27. The van der Waals surface area contributed by atoms with Gasteiger partial charge in [0.1, 0.15) is 5.82 Å². The fourth-order valence-corrected chi connectivity index (χ4v) is 1.07. The first-order valence-electron chi connectivity index (χ1n) is 3.66. The highest BCUT2D eigenvalue weighted by molar-refractivity contribution is 7.78. The van der Waals surface area contributed by atoms with Crippen LogP contribution in [0.4, 0.5) is 4.39 Å². The summed E-state index contributed by atoms with van der Waals surface area (Å²) in [5, 5.41) is 2.86. The van der Waals surface area contributed by atoms with Gasteiger partial charge in [0, 0.05) is 6.54 Å². The van der Waals surface area contributed by atoms with Gasteiger partial charge in [0.25, 0.3) is 0 Å². The molecule has 64 valence electrons. The number of benzene rings is 1. The maximum atomic E-state index is 12.7. The Labute approximate surface area is 76.6 Å². The zero-order chi connectivity index (χ0) is 8.97. The molecule has 1 aromatic rings. The van der Waals surface area contributed by atoms with Crippen LogP contribution in [0.25, 0.3) is 0 Å². The molecule has 0 unspecified atom stereocenters. The molecule has 0 atom stereocenters. The number of thiocarbonyl (C=S) groups is 1. The first kappa shape index (κ1) is 9.13. The molecule has 0 saturated carbocycles. The minimum atomic E-state index is -0.207. The van der Waals surface area contributed by atoms with Gasteiger partial charge in [0.2, 0.25) is 0 Å². The van der Waals surface area contributed by atoms with Gasteiger partial charge >= 0.3 is 0 Å². The molecule has 0 aliphatic rings. The van der Waals surface area contributed by atoms with E-state index in [9.17, 15) is 4.39 Å². The SMILES string of the molecule is Cc1ccc(F)cc1CNC=S. The van der Waals surface area contributed by atoms with Crippen molar-refractivity contribution in [2.75, 3.05) is 0 Å². The molecule has 0 aromatic heterocycles. The van der Waals surface area contributed by atoms with E-state index in [0.29, 0.717) is 6.54 Å². The van der Waals surface area contributed by atoms with Crippen molar-refractivity contribution in [3.8, 4) is 0 Å². The van der Waals surface area contributed by atoms with Crippen LogP contribution in [0.15, 0.2) is 18.2 Å². The van der Waals surface area contributed by atoms with Gasteiger partial charge in [-0.3, -0.25) is 0 Å². The van der Waals surface area contributed by atoms with Crippen LogP contribution in [-0.2, 0) is 6.54 Å². The number of hydrogen-bond acceptors (Lipinski definition) is 1. The van der Waals surface area contributed by atoms with Gasteiger partial charge in [0.15, 0.2) is 0 Å². The lowest BCUT2D eigenvalue weighted by Gasteiger charge is -2.04. The van der Waals surface area contributed by atoms with E-state index in [4.69, 9.17) is 0 Å². The zero-order valence-corrected chi connectivity index (χ0v) is 7.62. The number of rotatable bonds is 3. The quantitative estimate of drug-likeness (QED) is 0.721. The lowest BCUT2D eigenvalue weighted by molar-refractivity contribution is 0.624. The second kappa shape index (κ2) is 4.16. The van der Waals surface area contributed by atoms with E-state index >= 15 is 0 Å². The maximum absolute atomic E-state index is 12.7. The second-order valence-electron chi connectivity index (χ2n) is 2.57. The summed E-state index contributed by atoms with van der Waals surface area (Å²) in [4.78, 5) is 0. The Bertz CT molecular complexity index is 286. The summed E-state index contributed by atoms with van der Waals surface area (Å²) in [6, 6.07) is 4.73. The molecule has 0 saturated heterocycles. The summed E-state index contributed by atoms with van der Waals surface area (Å²) in [6.07, 6.45) is 0. The van der Waals surface area contributed by atoms with Gasteiger partial charge < -0.3 is 5.32 Å². The van der Waals surface area contributed by atoms with Crippen LogP contribution in [0.3, 0.4) is 0 Å². The van der Waals surface area contributed by atoms with E-state index in [0.717, 1.165) is 11.1 Å². The fourth-order valence-electron chi connectivity index (χ4n) is 0.982. The van der Waals surface area contributed by atoms with Gasteiger partial charge in [-0.25, -0.2) is 4.39 Å². The highest BCUT2D eigenvalue weighted by atomic mass is 32.1. The summed E-state index contributed by atoms with van der Waals surface area (Å²) in [5.41, 5.74) is 3.45. The van der Waals surface area contributed by atoms with Crippen molar-refractivity contribution in [1.29, 1.82) is 0 Å². The van der Waals surface area contributed by atoms with Crippen molar-refractivity contribution < 1.29 is 4.39 Å². The van der Waals surface area contributed by atoms with Gasteiger partial charge in [-0.1, -0.05) is 18.3 Å². The Morgan fingerprint density at radius 3 is 3.00 bits per heavy atom. The first-order valence-corrected chi connectivity index (χ1v) is 4.13. The molecule has 0 aliphatic heterocycles. The van der Waals surface area contributed by atoms with Crippen molar-refractivity contribution in [1.82, 2.24) is 5.32 Å². The van der Waals surface area contributed by atoms with Gasteiger partial charge in [-0.2, -0.15) is 0 Å². The summed E-state index contributed by atoms with van der Waals surface area (Å²) < 4.78 is 12.7. The van der Waals surface area contributed by atoms with Crippen LogP contribution in [0.2, 0.25) is 0 Å². The van der Waals surface area contributed by atoms with Crippen LogP contribution < -0.4 is 5.32 Å². The van der Waals surface area contributed by atoms with Crippen LogP contribution in [-0.4, -0.2) is 5.49 Å². The van der Waals surface area contributed by atoms with Crippen LogP contribution in [0.1, 0.15) is 11.1 Å². The normalized spacial score (nSPS) is 9.50. The minimum Gasteiger partial charge on any atom is -0.378 e. The highest BCUT2D eigenvalue weighted by Gasteiger charge is 1.98. The molecule has 0 fully saturated rings. The molecule has 0 bridgehead atoms. The third-order valence-corrected chi connectivity index (χ3v) is 1.85. The topological polar surface area (TPSA) is 12.0 Å². The van der Waals surface area contributed by atoms with Gasteiger partial charge in [-0.15, -0.1) is 0 Å². The Morgan fingerprint density at radius 1 is 1.58 bits per heavy atom. The lowest BCUT2D eigenvalue weighted by Crippen LogP contribution is -2.09. The molecule has 1 rings (SSSR count). The number of nitrogens with one attached hydrogen (secondary N) is 1. The van der Waals surface area contributed by atoms with E-state index in [2.05, 4.69) is 17.5 Å². The molecular formula is C9H10FNS. The molecule has 0 aliphatic carbocycles. The molecule has 3 heteroatoms. The molecule has 1 N–H and O–H groups in total. The van der Waals surface area contributed by atoms with Gasteiger partial charge in [0.05, 0.1) is 5.49 Å². The van der Waals surface area contributed by atoms with Crippen LogP contribution >= 0.6 is 12.2 Å². The average molecular weight is 183 g/mol. The summed E-state index contributed by atoms with van der Waals surface area (Å²) in [5.74, 6) is -0.207. The molecule has 1 nitrogen and oxygen atoms in total. The van der Waals surface area contributed by atoms with E-state index in [1.807, 2.05) is 6.92 Å². The third-order valence-electron chi connectivity index (χ3n) is 1.69. The van der Waals surface area contributed by atoms with Crippen molar-refractivity contribution in [3.63, 3.8) is 0 Å². The zero-order valence-electron chi connectivity index (χ0n) is 6.80. The van der Waals surface area contributed by atoms with Crippen molar-refractivity contribution in [3.05, 3.63) is 35.1 Å². The Hall–Kier alpha value is -0.960. The molecule has 12 heavy (non-hydrogen) atoms. The smallest absolute Gasteiger partial charge is 0.123 e. The fraction of sp³-hybridized carbons (Fsp3) is 0.222. The van der Waals surface area contributed by atoms with Crippen molar-refractivity contribution >= 4 is 17.7 Å². The molecule has 0 radical (unpaired) electrons. The molecular weight excluding hydrogens is 173 g/mol. The lowest BCUT2D eigenvalue weighted by atomic mass is 10.1. The Morgan fingerprint density at radius 2 is 2.33 bits per heavy atom. The number of hydrogen-bond donors (Lipinski definition) is 1. The molecule has 0 amide bonds. The standard InChI is InChI=1S/C9H10FNS/c1-7-2-3-9(10)4-8(7)5-11-6-12/h2-4,6H,5H2,1H3,(H,11,12). The van der Waals surface area contributed by atoms with Crippen LogP contribution in [0, 0.1) is 12.7 Å². The monoisotopic (exact) mass is 183 g/mol. The summed E-state index contributed by atoms with van der Waals surface area (Å²) in [6.45, 7) is 2.53. The van der Waals surface area contributed by atoms with Gasteiger partial charge in [-0.05, 0) is 30.2 Å². The van der Waals surface area contributed by atoms with E-state index < -0.39 is 0 Å². The minimum absolute atomic E-state index is 0.207. The number of aryl methyl sites for hydroxylation is 1. The molecule has 1 aromatic carbocycles. The highest BCUT2D eigenvalue weighted by Crippen LogP contribution is 2.09. The van der Waals surface area contributed by atoms with Crippen molar-refractivity contribution in [2.45, 2.75) is 13.5 Å². The molecule has 0 spiro atoms. The summed E-state index contributed by atoms with van der Waals surface area (Å²) >= 11 is 4.60. The molecule has 0 heterocycles. The van der Waals surface area contributed by atoms with Crippen molar-refractivity contribution in [2.24, 2.45) is 0 Å². The van der Waals surface area contributed by atoms with E-state index in [1.54, 1.807) is 6.07 Å². The average Bonchev–Trinajstić information content (AvgIpc) is 2.07.